The van der Waals surface area contributed by atoms with E-state index in [2.05, 4.69) is 17.6 Å². The maximum absolute atomic E-state index is 13.4. The molecule has 0 saturated carbocycles. The molecule has 1 aliphatic carbocycles. The third kappa shape index (κ3) is 4.64. The Morgan fingerprint density at radius 2 is 1.77 bits per heavy atom. The fourth-order valence-corrected chi connectivity index (χ4v) is 5.28. The van der Waals surface area contributed by atoms with E-state index in [-0.39, 0.29) is 11.8 Å². The van der Waals surface area contributed by atoms with Gasteiger partial charge in [0.25, 0.3) is 11.8 Å². The van der Waals surface area contributed by atoms with Gasteiger partial charge in [-0.25, -0.2) is 0 Å². The third-order valence-electron chi connectivity index (χ3n) is 5.44. The van der Waals surface area contributed by atoms with Gasteiger partial charge in [0, 0.05) is 10.4 Å². The van der Waals surface area contributed by atoms with Crippen molar-refractivity contribution < 1.29 is 14.3 Å². The molecule has 0 fully saturated rings. The molecule has 0 spiro atoms. The van der Waals surface area contributed by atoms with Gasteiger partial charge in [0.1, 0.15) is 10.8 Å². The number of hydrogen-bond donors (Lipinski definition) is 2. The van der Waals surface area contributed by atoms with Crippen LogP contribution in [0.1, 0.15) is 51.4 Å². The van der Waals surface area contributed by atoms with Crippen molar-refractivity contribution in [2.45, 2.75) is 33.1 Å². The summed E-state index contributed by atoms with van der Waals surface area (Å²) in [5.74, 6) is 0.767. The van der Waals surface area contributed by atoms with Crippen LogP contribution in [0.4, 0.5) is 10.7 Å². The Hall–Kier alpha value is -3.12. The van der Waals surface area contributed by atoms with E-state index >= 15 is 0 Å². The molecular formula is C25H26N2O3S. The Kier molecular flexibility index (Phi) is 6.37. The van der Waals surface area contributed by atoms with Crippen LogP contribution in [0.2, 0.25) is 0 Å². The molecule has 0 radical (unpaired) electrons. The van der Waals surface area contributed by atoms with E-state index in [4.69, 9.17) is 4.74 Å². The minimum absolute atomic E-state index is 0.212. The first-order valence-corrected chi connectivity index (χ1v) is 11.4. The van der Waals surface area contributed by atoms with Gasteiger partial charge in [0.2, 0.25) is 0 Å². The summed E-state index contributed by atoms with van der Waals surface area (Å²) in [5, 5.41) is 6.61. The van der Waals surface area contributed by atoms with Gasteiger partial charge in [-0.05, 0) is 61.9 Å². The van der Waals surface area contributed by atoms with Gasteiger partial charge in [0.15, 0.2) is 0 Å². The summed E-state index contributed by atoms with van der Waals surface area (Å²) < 4.78 is 5.65. The highest BCUT2D eigenvalue weighted by atomic mass is 32.1. The molecule has 31 heavy (non-hydrogen) atoms. The molecule has 0 unspecified atom stereocenters. The summed E-state index contributed by atoms with van der Waals surface area (Å²) in [6, 6.07) is 16.5. The highest BCUT2D eigenvalue weighted by Crippen LogP contribution is 2.40. The van der Waals surface area contributed by atoms with Crippen LogP contribution >= 0.6 is 11.3 Å². The highest BCUT2D eigenvalue weighted by molar-refractivity contribution is 7.17. The van der Waals surface area contributed by atoms with Crippen LogP contribution < -0.4 is 15.4 Å². The topological polar surface area (TPSA) is 67.4 Å². The molecule has 5 nitrogen and oxygen atoms in total. The number of nitrogens with one attached hydrogen (secondary N) is 2. The van der Waals surface area contributed by atoms with Crippen molar-refractivity contribution in [1.82, 2.24) is 0 Å². The Labute approximate surface area is 186 Å². The largest absolute Gasteiger partial charge is 0.492 e. The Morgan fingerprint density at radius 3 is 2.55 bits per heavy atom. The van der Waals surface area contributed by atoms with Crippen LogP contribution in [-0.2, 0) is 12.8 Å². The van der Waals surface area contributed by atoms with Crippen molar-refractivity contribution in [3.63, 3.8) is 0 Å². The normalized spacial score (nSPS) is 15.1. The zero-order valence-corrected chi connectivity index (χ0v) is 18.6. The molecule has 0 saturated heterocycles. The van der Waals surface area contributed by atoms with E-state index in [1.54, 1.807) is 12.1 Å². The molecule has 4 rings (SSSR count). The van der Waals surface area contributed by atoms with Crippen molar-refractivity contribution >= 4 is 33.8 Å². The van der Waals surface area contributed by atoms with Crippen LogP contribution in [0.3, 0.4) is 0 Å². The summed E-state index contributed by atoms with van der Waals surface area (Å²) in [5.41, 5.74) is 2.81. The van der Waals surface area contributed by atoms with Crippen molar-refractivity contribution in [2.24, 2.45) is 5.92 Å². The maximum Gasteiger partial charge on any atom is 0.259 e. The van der Waals surface area contributed by atoms with Gasteiger partial charge >= 0.3 is 0 Å². The van der Waals surface area contributed by atoms with Crippen LogP contribution in [0.15, 0.2) is 54.6 Å². The SMILES string of the molecule is CCOc1ccccc1NC(=O)c1c(NC(=O)c2ccccc2)sc2c1CC[C@@H](C)C2. The first-order chi connectivity index (χ1) is 15.1. The zero-order valence-electron chi connectivity index (χ0n) is 17.7. The smallest absolute Gasteiger partial charge is 0.259 e. The van der Waals surface area contributed by atoms with Gasteiger partial charge in [-0.3, -0.25) is 9.59 Å². The fourth-order valence-electron chi connectivity index (χ4n) is 3.88. The second-order valence-corrected chi connectivity index (χ2v) is 8.86. The number of thiophene rings is 1. The molecule has 0 bridgehead atoms. The lowest BCUT2D eigenvalue weighted by Gasteiger charge is -2.19. The van der Waals surface area contributed by atoms with Gasteiger partial charge in [0.05, 0.1) is 17.9 Å². The predicted octanol–water partition coefficient (Wildman–Crippen LogP) is 5.78. The second kappa shape index (κ2) is 9.35. The first-order valence-electron chi connectivity index (χ1n) is 10.6. The van der Waals surface area contributed by atoms with Crippen molar-refractivity contribution in [3.05, 3.63) is 76.2 Å². The van der Waals surface area contributed by atoms with E-state index in [1.807, 2.05) is 49.4 Å². The molecule has 160 valence electrons. The molecule has 2 aromatic carbocycles. The average Bonchev–Trinajstić information content (AvgIpc) is 3.12. The van der Waals surface area contributed by atoms with E-state index in [9.17, 15) is 9.59 Å². The quantitative estimate of drug-likeness (QED) is 0.517. The summed E-state index contributed by atoms with van der Waals surface area (Å²) in [4.78, 5) is 27.4. The van der Waals surface area contributed by atoms with Crippen LogP contribution in [0.5, 0.6) is 5.75 Å². The minimum Gasteiger partial charge on any atom is -0.492 e. The average molecular weight is 435 g/mol. The second-order valence-electron chi connectivity index (χ2n) is 7.76. The number of anilines is 2. The number of benzene rings is 2. The summed E-state index contributed by atoms with van der Waals surface area (Å²) in [6.07, 6.45) is 2.80. The van der Waals surface area contributed by atoms with Gasteiger partial charge in [-0.1, -0.05) is 37.3 Å². The Morgan fingerprint density at radius 1 is 1.03 bits per heavy atom. The van der Waals surface area contributed by atoms with E-state index < -0.39 is 0 Å². The molecule has 1 atom stereocenters. The van der Waals surface area contributed by atoms with Crippen molar-refractivity contribution in [1.29, 1.82) is 0 Å². The molecule has 1 aromatic heterocycles. The third-order valence-corrected chi connectivity index (χ3v) is 6.61. The van der Waals surface area contributed by atoms with Gasteiger partial charge in [-0.2, -0.15) is 0 Å². The van der Waals surface area contributed by atoms with Gasteiger partial charge < -0.3 is 15.4 Å². The fraction of sp³-hybridized carbons (Fsp3) is 0.280. The maximum atomic E-state index is 13.4. The lowest BCUT2D eigenvalue weighted by molar-refractivity contribution is 0.102. The Balaban J connectivity index is 1.67. The summed E-state index contributed by atoms with van der Waals surface area (Å²) in [6.45, 7) is 4.65. The number of carbonyl (C=O) groups excluding carboxylic acids is 2. The number of amides is 2. The summed E-state index contributed by atoms with van der Waals surface area (Å²) >= 11 is 1.52. The molecule has 1 heterocycles. The number of carbonyl (C=O) groups is 2. The molecule has 3 aromatic rings. The van der Waals surface area contributed by atoms with Crippen molar-refractivity contribution in [3.8, 4) is 5.75 Å². The number of para-hydroxylation sites is 2. The summed E-state index contributed by atoms with van der Waals surface area (Å²) in [7, 11) is 0. The number of ether oxygens (including phenoxy) is 1. The van der Waals surface area contributed by atoms with Crippen LogP contribution in [0.25, 0.3) is 0 Å². The van der Waals surface area contributed by atoms with E-state index in [0.717, 1.165) is 24.8 Å². The molecule has 6 heteroatoms. The van der Waals surface area contributed by atoms with E-state index in [1.165, 1.54) is 16.2 Å². The molecular weight excluding hydrogens is 408 g/mol. The lowest BCUT2D eigenvalue weighted by Crippen LogP contribution is -2.19. The molecule has 1 aliphatic rings. The minimum atomic E-state index is -0.220. The van der Waals surface area contributed by atoms with Crippen molar-refractivity contribution in [2.75, 3.05) is 17.2 Å². The lowest BCUT2D eigenvalue weighted by atomic mass is 9.88. The van der Waals surface area contributed by atoms with Crippen LogP contribution in [-0.4, -0.2) is 18.4 Å². The van der Waals surface area contributed by atoms with Gasteiger partial charge in [-0.15, -0.1) is 11.3 Å². The van der Waals surface area contributed by atoms with E-state index in [0.29, 0.717) is 40.1 Å². The molecule has 0 aliphatic heterocycles. The predicted molar refractivity (Wildman–Crippen MR) is 125 cm³/mol. The highest BCUT2D eigenvalue weighted by Gasteiger charge is 2.29. The molecule has 2 amide bonds. The number of rotatable bonds is 6. The Bertz CT molecular complexity index is 1090. The standard InChI is InChI=1S/C25H26N2O3S/c1-3-30-20-12-8-7-11-19(20)26-24(29)22-18-14-13-16(2)15-21(18)31-25(22)27-23(28)17-9-5-4-6-10-17/h4-12,16H,3,13-15H2,1-2H3,(H,26,29)(H,27,28)/t16-/m1/s1. The first kappa shape index (κ1) is 21.1. The monoisotopic (exact) mass is 434 g/mol. The van der Waals surface area contributed by atoms with Crippen LogP contribution in [0, 0.1) is 5.92 Å². The zero-order chi connectivity index (χ0) is 21.8. The number of hydrogen-bond acceptors (Lipinski definition) is 4. The number of fused-ring (bicyclic) bond motifs is 1. The molecule has 2 N–H and O–H groups in total.